The lowest BCUT2D eigenvalue weighted by molar-refractivity contribution is 0.304. The number of aromatic nitrogens is 2. The predicted molar refractivity (Wildman–Crippen MR) is 86.8 cm³/mol. The topological polar surface area (TPSA) is 63.8 Å². The predicted octanol–water partition coefficient (Wildman–Crippen LogP) is 3.66. The van der Waals surface area contributed by atoms with Crippen LogP contribution in [0.15, 0.2) is 0 Å². The van der Waals surface area contributed by atoms with Crippen LogP contribution < -0.4 is 11.1 Å². The minimum Gasteiger partial charge on any atom is -0.383 e. The van der Waals surface area contributed by atoms with E-state index in [1.165, 1.54) is 0 Å². The van der Waals surface area contributed by atoms with E-state index in [0.29, 0.717) is 23.6 Å². The number of nitrogens with one attached hydrogen (secondary N) is 1. The fourth-order valence-electron chi connectivity index (χ4n) is 2.55. The summed E-state index contributed by atoms with van der Waals surface area (Å²) in [5.41, 5.74) is 6.94. The van der Waals surface area contributed by atoms with Gasteiger partial charge < -0.3 is 11.1 Å². The van der Waals surface area contributed by atoms with Crippen molar-refractivity contribution in [3.05, 3.63) is 11.4 Å². The van der Waals surface area contributed by atoms with Gasteiger partial charge >= 0.3 is 0 Å². The van der Waals surface area contributed by atoms with Crippen molar-refractivity contribution >= 4 is 11.6 Å². The fraction of sp³-hybridized carbons (Fsp3) is 0.750. The molecular weight excluding hydrogens is 248 g/mol. The van der Waals surface area contributed by atoms with E-state index in [2.05, 4.69) is 49.9 Å². The van der Waals surface area contributed by atoms with E-state index in [4.69, 9.17) is 5.73 Å². The van der Waals surface area contributed by atoms with Gasteiger partial charge in [-0.3, -0.25) is 0 Å². The molecule has 0 amide bonds. The molecule has 4 nitrogen and oxygen atoms in total. The van der Waals surface area contributed by atoms with Gasteiger partial charge in [0.15, 0.2) is 0 Å². The third-order valence-electron chi connectivity index (χ3n) is 3.92. The van der Waals surface area contributed by atoms with Crippen LogP contribution >= 0.6 is 0 Å². The third-order valence-corrected chi connectivity index (χ3v) is 3.92. The molecule has 0 saturated heterocycles. The number of anilines is 2. The summed E-state index contributed by atoms with van der Waals surface area (Å²) in [6.07, 6.45) is 1.90. The molecule has 1 aromatic heterocycles. The molecule has 3 N–H and O–H groups in total. The molecule has 0 saturated carbocycles. The molecule has 0 aliphatic heterocycles. The van der Waals surface area contributed by atoms with Gasteiger partial charge in [-0.2, -0.15) is 0 Å². The second-order valence-electron chi connectivity index (χ2n) is 6.28. The molecule has 20 heavy (non-hydrogen) atoms. The van der Waals surface area contributed by atoms with Crippen molar-refractivity contribution in [1.82, 2.24) is 9.97 Å². The molecular formula is C16H30N4. The Morgan fingerprint density at radius 2 is 1.70 bits per heavy atom. The summed E-state index contributed by atoms with van der Waals surface area (Å²) in [6.45, 7) is 14.1. The first kappa shape index (κ1) is 16.7. The SMILES string of the molecule is CCCc1nc(N)c(C)c(NCC(C(C)C)C(C)C)n1. The summed E-state index contributed by atoms with van der Waals surface area (Å²) in [4.78, 5) is 8.96. The Labute approximate surface area is 123 Å². The molecule has 114 valence electrons. The number of nitrogen functional groups attached to an aromatic ring is 1. The van der Waals surface area contributed by atoms with Gasteiger partial charge in [-0.25, -0.2) is 9.97 Å². The first-order valence-corrected chi connectivity index (χ1v) is 7.73. The molecule has 0 aliphatic carbocycles. The summed E-state index contributed by atoms with van der Waals surface area (Å²) in [7, 11) is 0. The maximum Gasteiger partial charge on any atom is 0.134 e. The van der Waals surface area contributed by atoms with Gasteiger partial charge in [-0.1, -0.05) is 34.6 Å². The van der Waals surface area contributed by atoms with Crippen LogP contribution in [0.25, 0.3) is 0 Å². The van der Waals surface area contributed by atoms with E-state index >= 15 is 0 Å². The Hall–Kier alpha value is -1.32. The van der Waals surface area contributed by atoms with Crippen LogP contribution in [-0.2, 0) is 6.42 Å². The van der Waals surface area contributed by atoms with Gasteiger partial charge in [0.05, 0.1) is 0 Å². The summed E-state index contributed by atoms with van der Waals surface area (Å²) >= 11 is 0. The normalized spacial score (nSPS) is 11.7. The molecule has 0 spiro atoms. The molecule has 0 aliphatic rings. The standard InChI is InChI=1S/C16H30N4/c1-7-8-14-19-15(17)12(6)16(20-14)18-9-13(10(2)3)11(4)5/h10-11,13H,7-9H2,1-6H3,(H3,17,18,19,20). The molecule has 0 atom stereocenters. The van der Waals surface area contributed by atoms with Crippen molar-refractivity contribution in [2.24, 2.45) is 17.8 Å². The molecule has 1 rings (SSSR count). The minimum atomic E-state index is 0.594. The molecule has 0 fully saturated rings. The van der Waals surface area contributed by atoms with Crippen LogP contribution in [0.3, 0.4) is 0 Å². The lowest BCUT2D eigenvalue weighted by Crippen LogP contribution is -2.25. The molecule has 1 heterocycles. The van der Waals surface area contributed by atoms with E-state index in [1.807, 2.05) is 6.92 Å². The third kappa shape index (κ3) is 4.36. The van der Waals surface area contributed by atoms with Crippen LogP contribution in [0.1, 0.15) is 52.4 Å². The number of nitrogens with zero attached hydrogens (tertiary/aromatic N) is 2. The summed E-state index contributed by atoms with van der Waals surface area (Å²) in [6, 6.07) is 0. The highest BCUT2D eigenvalue weighted by Crippen LogP contribution is 2.23. The van der Waals surface area contributed by atoms with Gasteiger partial charge in [0.1, 0.15) is 17.5 Å². The zero-order valence-corrected chi connectivity index (χ0v) is 13.8. The number of nitrogens with two attached hydrogens (primary N) is 1. The average Bonchev–Trinajstić information content (AvgIpc) is 2.34. The largest absolute Gasteiger partial charge is 0.383 e. The van der Waals surface area contributed by atoms with Gasteiger partial charge in [0.2, 0.25) is 0 Å². The highest BCUT2D eigenvalue weighted by molar-refractivity contribution is 5.54. The number of aryl methyl sites for hydroxylation is 1. The molecule has 0 aromatic carbocycles. The van der Waals surface area contributed by atoms with Gasteiger partial charge in [0.25, 0.3) is 0 Å². The quantitative estimate of drug-likeness (QED) is 0.799. The maximum atomic E-state index is 5.99. The lowest BCUT2D eigenvalue weighted by atomic mass is 9.85. The zero-order valence-electron chi connectivity index (χ0n) is 13.8. The Balaban J connectivity index is 2.85. The van der Waals surface area contributed by atoms with Crippen molar-refractivity contribution in [3.63, 3.8) is 0 Å². The second-order valence-corrected chi connectivity index (χ2v) is 6.28. The van der Waals surface area contributed by atoms with E-state index in [1.54, 1.807) is 0 Å². The minimum absolute atomic E-state index is 0.594. The van der Waals surface area contributed by atoms with Crippen LogP contribution in [0.4, 0.5) is 11.6 Å². The molecule has 1 aromatic rings. The zero-order chi connectivity index (χ0) is 15.3. The number of hydrogen-bond acceptors (Lipinski definition) is 4. The van der Waals surface area contributed by atoms with Crippen molar-refractivity contribution in [2.75, 3.05) is 17.6 Å². The van der Waals surface area contributed by atoms with Crippen LogP contribution in [0, 0.1) is 24.7 Å². The van der Waals surface area contributed by atoms with Crippen LogP contribution in [0.5, 0.6) is 0 Å². The van der Waals surface area contributed by atoms with E-state index in [9.17, 15) is 0 Å². The van der Waals surface area contributed by atoms with Crippen molar-refractivity contribution in [2.45, 2.75) is 54.4 Å². The summed E-state index contributed by atoms with van der Waals surface area (Å²) in [5, 5.41) is 3.48. The average molecular weight is 278 g/mol. The fourth-order valence-corrected chi connectivity index (χ4v) is 2.55. The van der Waals surface area contributed by atoms with E-state index in [0.717, 1.165) is 36.6 Å². The Morgan fingerprint density at radius 3 is 2.20 bits per heavy atom. The van der Waals surface area contributed by atoms with Crippen LogP contribution in [0.2, 0.25) is 0 Å². The van der Waals surface area contributed by atoms with Crippen molar-refractivity contribution < 1.29 is 0 Å². The molecule has 0 bridgehead atoms. The van der Waals surface area contributed by atoms with Gasteiger partial charge in [0, 0.05) is 18.5 Å². The molecule has 4 heteroatoms. The molecule has 0 unspecified atom stereocenters. The number of rotatable bonds is 7. The number of hydrogen-bond donors (Lipinski definition) is 2. The first-order chi connectivity index (χ1) is 9.36. The first-order valence-electron chi connectivity index (χ1n) is 7.73. The summed E-state index contributed by atoms with van der Waals surface area (Å²) < 4.78 is 0. The van der Waals surface area contributed by atoms with Gasteiger partial charge in [-0.15, -0.1) is 0 Å². The summed E-state index contributed by atoms with van der Waals surface area (Å²) in [5.74, 6) is 4.25. The van der Waals surface area contributed by atoms with Crippen molar-refractivity contribution in [1.29, 1.82) is 0 Å². The Kier molecular flexibility index (Phi) is 6.24. The van der Waals surface area contributed by atoms with Gasteiger partial charge in [-0.05, 0) is 31.1 Å². The molecule has 0 radical (unpaired) electrons. The monoisotopic (exact) mass is 278 g/mol. The van der Waals surface area contributed by atoms with E-state index < -0.39 is 0 Å². The second kappa shape index (κ2) is 7.46. The van der Waals surface area contributed by atoms with Crippen molar-refractivity contribution in [3.8, 4) is 0 Å². The maximum absolute atomic E-state index is 5.99. The highest BCUT2D eigenvalue weighted by Gasteiger charge is 2.18. The van der Waals surface area contributed by atoms with E-state index in [-0.39, 0.29) is 0 Å². The highest BCUT2D eigenvalue weighted by atomic mass is 15.1. The Morgan fingerprint density at radius 1 is 1.10 bits per heavy atom. The smallest absolute Gasteiger partial charge is 0.134 e. The Bertz CT molecular complexity index is 419. The van der Waals surface area contributed by atoms with Crippen LogP contribution in [-0.4, -0.2) is 16.5 Å². The lowest BCUT2D eigenvalue weighted by Gasteiger charge is -2.25.